The van der Waals surface area contributed by atoms with Crippen molar-refractivity contribution in [2.24, 2.45) is 0 Å². The highest BCUT2D eigenvalue weighted by Gasteiger charge is 2.34. The minimum absolute atomic E-state index is 0.175. The van der Waals surface area contributed by atoms with Gasteiger partial charge in [0.05, 0.1) is 42.1 Å². The number of sulfonamides is 1. The summed E-state index contributed by atoms with van der Waals surface area (Å²) < 4.78 is 60.1. The number of nitrogens with one attached hydrogen (secondary N) is 1. The van der Waals surface area contributed by atoms with Gasteiger partial charge in [0.1, 0.15) is 5.75 Å². The largest absolute Gasteiger partial charge is 0.494 e. The molecule has 1 aliphatic rings. The monoisotopic (exact) mass is 542 g/mol. The Morgan fingerprint density at radius 2 is 1.82 bits per heavy atom. The lowest BCUT2D eigenvalue weighted by atomic mass is 10.1. The number of hydrogen-bond donors (Lipinski definition) is 1. The van der Waals surface area contributed by atoms with Crippen LogP contribution in [-0.4, -0.2) is 62.4 Å². The van der Waals surface area contributed by atoms with E-state index in [4.69, 9.17) is 4.74 Å². The summed E-state index contributed by atoms with van der Waals surface area (Å²) in [5, 5.41) is 7.83. The van der Waals surface area contributed by atoms with Crippen molar-refractivity contribution in [3.05, 3.63) is 60.8 Å². The zero-order valence-corrected chi connectivity index (χ0v) is 22.0. The third-order valence-corrected chi connectivity index (χ3v) is 7.90. The van der Waals surface area contributed by atoms with E-state index in [-0.39, 0.29) is 25.9 Å². The summed E-state index contributed by atoms with van der Waals surface area (Å²) in [4.78, 5) is 6.33. The number of fused-ring (bicyclic) bond motifs is 1. The van der Waals surface area contributed by atoms with Crippen molar-refractivity contribution >= 4 is 38.6 Å². The van der Waals surface area contributed by atoms with Gasteiger partial charge in [-0.3, -0.25) is 4.31 Å². The summed E-state index contributed by atoms with van der Waals surface area (Å²) in [5.41, 5.74) is 4.06. The number of alkyl halides is 2. The molecule has 0 bridgehead atoms. The minimum Gasteiger partial charge on any atom is -0.494 e. The van der Waals surface area contributed by atoms with E-state index < -0.39 is 15.9 Å². The third kappa shape index (κ3) is 5.08. The highest BCUT2D eigenvalue weighted by atomic mass is 32.2. The molecule has 1 aliphatic heterocycles. The Bertz CT molecular complexity index is 1580. The number of ether oxygens (including phenoxy) is 1. The van der Waals surface area contributed by atoms with Gasteiger partial charge in [-0.15, -0.1) is 5.10 Å². The minimum atomic E-state index is -3.47. The highest BCUT2D eigenvalue weighted by Crippen LogP contribution is 2.36. The molecule has 3 heterocycles. The van der Waals surface area contributed by atoms with Crippen LogP contribution in [-0.2, 0) is 10.0 Å². The molecule has 0 atom stereocenters. The Labute approximate surface area is 219 Å². The van der Waals surface area contributed by atoms with Gasteiger partial charge in [-0.05, 0) is 30.3 Å². The SMILES string of the molecule is COc1cc(N2CCC(F)(F)CC2)ccc1Nc1ncc2ccc(-c3ccccc3N(C)S(C)(=O)=O)n2n1. The molecule has 0 amide bonds. The molecule has 0 unspecified atom stereocenters. The van der Waals surface area contributed by atoms with Gasteiger partial charge < -0.3 is 15.0 Å². The second kappa shape index (κ2) is 9.75. The first-order chi connectivity index (χ1) is 18.1. The van der Waals surface area contributed by atoms with Crippen molar-refractivity contribution in [3.63, 3.8) is 0 Å². The zero-order chi connectivity index (χ0) is 27.1. The Hall–Kier alpha value is -3.93. The lowest BCUT2D eigenvalue weighted by Gasteiger charge is -2.33. The van der Waals surface area contributed by atoms with Gasteiger partial charge in [-0.25, -0.2) is 26.7 Å². The van der Waals surface area contributed by atoms with E-state index in [0.717, 1.165) is 17.5 Å². The number of nitrogens with zero attached hydrogens (tertiary/aromatic N) is 5. The van der Waals surface area contributed by atoms with Gasteiger partial charge in [-0.2, -0.15) is 0 Å². The number of methoxy groups -OCH3 is 1. The van der Waals surface area contributed by atoms with Crippen LogP contribution in [0.3, 0.4) is 0 Å². The fraction of sp³-hybridized carbons (Fsp3) is 0.308. The number of piperidine rings is 1. The van der Waals surface area contributed by atoms with Crippen LogP contribution in [0.5, 0.6) is 5.75 Å². The molecule has 12 heteroatoms. The first kappa shape index (κ1) is 25.7. The number of benzene rings is 2. The van der Waals surface area contributed by atoms with Crippen LogP contribution in [0.4, 0.5) is 31.8 Å². The maximum atomic E-state index is 13.6. The smallest absolute Gasteiger partial charge is 0.251 e. The molecule has 5 rings (SSSR count). The second-order valence-electron chi connectivity index (χ2n) is 9.24. The molecule has 1 fully saturated rings. The average molecular weight is 543 g/mol. The molecule has 1 saturated heterocycles. The molecule has 1 N–H and O–H groups in total. The van der Waals surface area contributed by atoms with Crippen molar-refractivity contribution in [2.45, 2.75) is 18.8 Å². The van der Waals surface area contributed by atoms with E-state index >= 15 is 0 Å². The Balaban J connectivity index is 1.46. The summed E-state index contributed by atoms with van der Waals surface area (Å²) in [6.45, 7) is 0.546. The first-order valence-electron chi connectivity index (χ1n) is 12.0. The summed E-state index contributed by atoms with van der Waals surface area (Å²) in [5.74, 6) is -1.79. The fourth-order valence-electron chi connectivity index (χ4n) is 4.50. The number of hydrogen-bond acceptors (Lipinski definition) is 7. The normalized spacial score (nSPS) is 15.4. The number of halogens is 2. The van der Waals surface area contributed by atoms with Crippen LogP contribution in [0.2, 0.25) is 0 Å². The predicted molar refractivity (Wildman–Crippen MR) is 144 cm³/mol. The van der Waals surface area contributed by atoms with Crippen molar-refractivity contribution in [3.8, 4) is 17.0 Å². The van der Waals surface area contributed by atoms with Gasteiger partial charge in [0, 0.05) is 50.3 Å². The molecule has 0 radical (unpaired) electrons. The van der Waals surface area contributed by atoms with Crippen molar-refractivity contribution in [2.75, 3.05) is 48.0 Å². The molecule has 9 nitrogen and oxygen atoms in total. The molecule has 0 spiro atoms. The third-order valence-electron chi connectivity index (χ3n) is 6.71. The number of para-hydroxylation sites is 1. The molecule has 2 aromatic heterocycles. The lowest BCUT2D eigenvalue weighted by Crippen LogP contribution is -2.39. The Morgan fingerprint density at radius 1 is 1.08 bits per heavy atom. The number of rotatable bonds is 7. The second-order valence-corrected chi connectivity index (χ2v) is 11.3. The molecule has 4 aromatic rings. The Morgan fingerprint density at radius 3 is 2.53 bits per heavy atom. The van der Waals surface area contributed by atoms with Gasteiger partial charge in [0.25, 0.3) is 5.92 Å². The molecule has 2 aromatic carbocycles. The molecular formula is C26H28F2N6O3S. The topological polar surface area (TPSA) is 92.1 Å². The van der Waals surface area contributed by atoms with Crippen LogP contribution in [0.25, 0.3) is 16.8 Å². The molecule has 0 aliphatic carbocycles. The zero-order valence-electron chi connectivity index (χ0n) is 21.2. The fourth-order valence-corrected chi connectivity index (χ4v) is 5.02. The maximum absolute atomic E-state index is 13.6. The van der Waals surface area contributed by atoms with E-state index in [1.807, 2.05) is 41.3 Å². The van der Waals surface area contributed by atoms with E-state index in [0.29, 0.717) is 34.3 Å². The molecular weight excluding hydrogens is 514 g/mol. The van der Waals surface area contributed by atoms with E-state index in [2.05, 4.69) is 15.4 Å². The van der Waals surface area contributed by atoms with Crippen molar-refractivity contribution < 1.29 is 21.9 Å². The van der Waals surface area contributed by atoms with E-state index in [9.17, 15) is 17.2 Å². The van der Waals surface area contributed by atoms with Crippen molar-refractivity contribution in [1.29, 1.82) is 0 Å². The predicted octanol–water partition coefficient (Wildman–Crippen LogP) is 4.78. The summed E-state index contributed by atoms with van der Waals surface area (Å²) in [6, 6.07) is 16.4. The van der Waals surface area contributed by atoms with Gasteiger partial charge in [0.15, 0.2) is 0 Å². The van der Waals surface area contributed by atoms with Crippen LogP contribution in [0, 0.1) is 0 Å². The maximum Gasteiger partial charge on any atom is 0.251 e. The average Bonchev–Trinajstić information content (AvgIpc) is 3.31. The number of anilines is 4. The van der Waals surface area contributed by atoms with Crippen LogP contribution < -0.4 is 19.3 Å². The van der Waals surface area contributed by atoms with Gasteiger partial charge in [-0.1, -0.05) is 18.2 Å². The van der Waals surface area contributed by atoms with Crippen LogP contribution in [0.1, 0.15) is 12.8 Å². The highest BCUT2D eigenvalue weighted by molar-refractivity contribution is 7.92. The quantitative estimate of drug-likeness (QED) is 0.359. The molecule has 38 heavy (non-hydrogen) atoms. The van der Waals surface area contributed by atoms with Crippen LogP contribution in [0.15, 0.2) is 60.8 Å². The lowest BCUT2D eigenvalue weighted by molar-refractivity contribution is -0.0220. The van der Waals surface area contributed by atoms with Crippen molar-refractivity contribution in [1.82, 2.24) is 14.6 Å². The Kier molecular flexibility index (Phi) is 6.59. The number of aromatic nitrogens is 3. The van der Waals surface area contributed by atoms with Gasteiger partial charge in [0.2, 0.25) is 16.0 Å². The summed E-state index contributed by atoms with van der Waals surface area (Å²) >= 11 is 0. The summed E-state index contributed by atoms with van der Waals surface area (Å²) in [7, 11) is -0.422. The summed E-state index contributed by atoms with van der Waals surface area (Å²) in [6.07, 6.45) is 2.47. The molecule has 0 saturated carbocycles. The van der Waals surface area contributed by atoms with Crippen LogP contribution >= 0.6 is 0 Å². The van der Waals surface area contributed by atoms with E-state index in [1.165, 1.54) is 18.5 Å². The van der Waals surface area contributed by atoms with E-state index in [1.54, 1.807) is 28.9 Å². The van der Waals surface area contributed by atoms with Gasteiger partial charge >= 0.3 is 0 Å². The first-order valence-corrected chi connectivity index (χ1v) is 13.9. The molecule has 200 valence electrons. The standard InChI is InChI=1S/C26H28F2N6O3S/c1-32(38(3,35)36)22-7-5-4-6-20(22)23-11-9-19-17-29-25(31-34(19)23)30-21-10-8-18(16-24(21)37-2)33-14-12-26(27,28)13-15-33/h4-11,16-17H,12-15H2,1-3H3,(H,30,31).